The molecule has 1 aromatic carbocycles. The summed E-state index contributed by atoms with van der Waals surface area (Å²) in [6, 6.07) is 4.51. The van der Waals surface area contributed by atoms with Crippen molar-refractivity contribution in [2.24, 2.45) is 0 Å². The fourth-order valence-electron chi connectivity index (χ4n) is 2.15. The van der Waals surface area contributed by atoms with Crippen LogP contribution in [0.1, 0.15) is 19.3 Å². The van der Waals surface area contributed by atoms with Crippen LogP contribution >= 0.6 is 0 Å². The summed E-state index contributed by atoms with van der Waals surface area (Å²) in [5, 5.41) is 0. The second-order valence-corrected chi connectivity index (χ2v) is 6.48. The largest absolute Gasteiger partial charge is 0.497 e. The summed E-state index contributed by atoms with van der Waals surface area (Å²) in [7, 11) is -2.12. The zero-order valence-electron chi connectivity index (χ0n) is 11.5. The molecular formula is C13H20N2O4S. The lowest BCUT2D eigenvalue weighted by Gasteiger charge is -2.22. The Morgan fingerprint density at radius 2 is 2.25 bits per heavy atom. The normalized spacial score (nSPS) is 19.8. The van der Waals surface area contributed by atoms with Gasteiger partial charge in [-0.25, -0.2) is 13.1 Å². The van der Waals surface area contributed by atoms with Crippen molar-refractivity contribution in [1.82, 2.24) is 4.72 Å². The van der Waals surface area contributed by atoms with Gasteiger partial charge in [-0.15, -0.1) is 0 Å². The van der Waals surface area contributed by atoms with E-state index in [0.717, 1.165) is 19.3 Å². The van der Waals surface area contributed by atoms with Crippen molar-refractivity contribution in [1.29, 1.82) is 0 Å². The molecule has 0 aliphatic carbocycles. The van der Waals surface area contributed by atoms with Gasteiger partial charge in [-0.05, 0) is 31.4 Å². The minimum Gasteiger partial charge on any atom is -0.497 e. The molecule has 2 rings (SSSR count). The van der Waals surface area contributed by atoms with Crippen LogP contribution in [0, 0.1) is 0 Å². The van der Waals surface area contributed by atoms with Crippen LogP contribution in [0.2, 0.25) is 0 Å². The van der Waals surface area contributed by atoms with Crippen molar-refractivity contribution in [3.8, 4) is 5.75 Å². The van der Waals surface area contributed by atoms with Gasteiger partial charge in [-0.2, -0.15) is 0 Å². The third-order valence-electron chi connectivity index (χ3n) is 3.28. The predicted molar refractivity (Wildman–Crippen MR) is 76.2 cm³/mol. The number of nitrogens with one attached hydrogen (secondary N) is 1. The average molecular weight is 300 g/mol. The predicted octanol–water partition coefficient (Wildman–Crippen LogP) is 1.12. The van der Waals surface area contributed by atoms with E-state index in [2.05, 4.69) is 4.72 Å². The van der Waals surface area contributed by atoms with E-state index in [9.17, 15) is 8.42 Å². The van der Waals surface area contributed by atoms with Gasteiger partial charge in [0.15, 0.2) is 0 Å². The minimum absolute atomic E-state index is 0.0574. The molecule has 20 heavy (non-hydrogen) atoms. The molecule has 1 saturated heterocycles. The van der Waals surface area contributed by atoms with Gasteiger partial charge < -0.3 is 15.2 Å². The summed E-state index contributed by atoms with van der Waals surface area (Å²) < 4.78 is 37.5. The maximum Gasteiger partial charge on any atom is 0.242 e. The Morgan fingerprint density at radius 1 is 1.45 bits per heavy atom. The average Bonchev–Trinajstić information content (AvgIpc) is 2.46. The van der Waals surface area contributed by atoms with Crippen molar-refractivity contribution in [2.75, 3.05) is 26.0 Å². The fraction of sp³-hybridized carbons (Fsp3) is 0.538. The Balaban J connectivity index is 2.05. The molecule has 1 atom stereocenters. The molecule has 1 heterocycles. The van der Waals surface area contributed by atoms with E-state index in [1.807, 2.05) is 0 Å². The molecule has 0 amide bonds. The van der Waals surface area contributed by atoms with Gasteiger partial charge >= 0.3 is 0 Å². The molecule has 7 heteroatoms. The number of ether oxygens (including phenoxy) is 2. The van der Waals surface area contributed by atoms with E-state index < -0.39 is 10.0 Å². The van der Waals surface area contributed by atoms with E-state index in [0.29, 0.717) is 12.4 Å². The molecule has 0 aromatic heterocycles. The molecule has 1 aliphatic rings. The van der Waals surface area contributed by atoms with Crippen molar-refractivity contribution in [3.63, 3.8) is 0 Å². The van der Waals surface area contributed by atoms with Crippen LogP contribution in [-0.4, -0.2) is 34.8 Å². The van der Waals surface area contributed by atoms with Crippen molar-refractivity contribution in [2.45, 2.75) is 30.3 Å². The Hall–Kier alpha value is -1.31. The molecule has 0 bridgehead atoms. The smallest absolute Gasteiger partial charge is 0.242 e. The molecular weight excluding hydrogens is 280 g/mol. The van der Waals surface area contributed by atoms with Crippen molar-refractivity contribution < 1.29 is 17.9 Å². The highest BCUT2D eigenvalue weighted by Gasteiger charge is 2.21. The molecule has 1 aliphatic heterocycles. The van der Waals surface area contributed by atoms with Gasteiger partial charge in [0.25, 0.3) is 0 Å². The Kier molecular flexibility index (Phi) is 4.85. The first-order valence-corrected chi connectivity index (χ1v) is 8.06. The van der Waals surface area contributed by atoms with E-state index in [1.165, 1.54) is 19.2 Å². The number of nitrogen functional groups attached to an aromatic ring is 1. The SMILES string of the molecule is COc1ccc(S(=O)(=O)NCC2CCCCO2)c(N)c1. The van der Waals surface area contributed by atoms with Crippen LogP contribution in [-0.2, 0) is 14.8 Å². The molecule has 0 spiro atoms. The number of hydrogen-bond donors (Lipinski definition) is 2. The van der Waals surface area contributed by atoms with Gasteiger partial charge in [0.1, 0.15) is 10.6 Å². The molecule has 1 fully saturated rings. The maximum absolute atomic E-state index is 12.2. The Bertz CT molecular complexity index is 553. The molecule has 1 aromatic rings. The lowest BCUT2D eigenvalue weighted by Crippen LogP contribution is -2.35. The second-order valence-electron chi connectivity index (χ2n) is 4.74. The summed E-state index contributed by atoms with van der Waals surface area (Å²) in [6.07, 6.45) is 2.92. The quantitative estimate of drug-likeness (QED) is 0.795. The minimum atomic E-state index is -3.63. The van der Waals surface area contributed by atoms with Crippen LogP contribution in [0.15, 0.2) is 23.1 Å². The summed E-state index contributed by atoms with van der Waals surface area (Å²) in [4.78, 5) is 0.0640. The zero-order valence-corrected chi connectivity index (χ0v) is 12.3. The molecule has 1 unspecified atom stereocenters. The van der Waals surface area contributed by atoms with Gasteiger partial charge in [0.05, 0.1) is 18.9 Å². The molecule has 112 valence electrons. The summed E-state index contributed by atoms with van der Waals surface area (Å²) >= 11 is 0. The number of anilines is 1. The Labute approximate surface area is 119 Å². The highest BCUT2D eigenvalue weighted by Crippen LogP contribution is 2.23. The zero-order chi connectivity index (χ0) is 14.6. The van der Waals surface area contributed by atoms with Crippen LogP contribution in [0.5, 0.6) is 5.75 Å². The standard InChI is InChI=1S/C13H20N2O4S/c1-18-10-5-6-13(12(14)8-10)20(16,17)15-9-11-4-2-3-7-19-11/h5-6,8,11,15H,2-4,7,9,14H2,1H3. The third-order valence-corrected chi connectivity index (χ3v) is 4.78. The number of benzene rings is 1. The van der Waals surface area contributed by atoms with Crippen molar-refractivity contribution >= 4 is 15.7 Å². The van der Waals surface area contributed by atoms with Gasteiger partial charge in [0.2, 0.25) is 10.0 Å². The summed E-state index contributed by atoms with van der Waals surface area (Å²) in [5.74, 6) is 0.525. The third kappa shape index (κ3) is 3.62. The van der Waals surface area contributed by atoms with Crippen LogP contribution in [0.3, 0.4) is 0 Å². The number of rotatable bonds is 5. The molecule has 0 radical (unpaired) electrons. The number of methoxy groups -OCH3 is 1. The second kappa shape index (κ2) is 6.43. The van der Waals surface area contributed by atoms with Crippen LogP contribution in [0.25, 0.3) is 0 Å². The fourth-order valence-corrected chi connectivity index (χ4v) is 3.32. The first kappa shape index (κ1) is 15.1. The summed E-state index contributed by atoms with van der Waals surface area (Å²) in [5.41, 5.74) is 5.93. The lowest BCUT2D eigenvalue weighted by atomic mass is 10.1. The van der Waals surface area contributed by atoms with E-state index >= 15 is 0 Å². The van der Waals surface area contributed by atoms with E-state index in [4.69, 9.17) is 15.2 Å². The van der Waals surface area contributed by atoms with Crippen LogP contribution in [0.4, 0.5) is 5.69 Å². The van der Waals surface area contributed by atoms with Gasteiger partial charge in [-0.3, -0.25) is 0 Å². The molecule has 6 nitrogen and oxygen atoms in total. The number of nitrogens with two attached hydrogens (primary N) is 1. The van der Waals surface area contributed by atoms with Gasteiger partial charge in [0, 0.05) is 19.2 Å². The molecule has 3 N–H and O–H groups in total. The highest BCUT2D eigenvalue weighted by molar-refractivity contribution is 7.89. The topological polar surface area (TPSA) is 90.7 Å². The molecule has 0 saturated carbocycles. The highest BCUT2D eigenvalue weighted by atomic mass is 32.2. The maximum atomic E-state index is 12.2. The first-order chi connectivity index (χ1) is 9.53. The number of hydrogen-bond acceptors (Lipinski definition) is 5. The summed E-state index contributed by atoms with van der Waals surface area (Å²) in [6.45, 7) is 0.963. The van der Waals surface area contributed by atoms with E-state index in [-0.39, 0.29) is 23.2 Å². The lowest BCUT2D eigenvalue weighted by molar-refractivity contribution is 0.0200. The first-order valence-electron chi connectivity index (χ1n) is 6.58. The van der Waals surface area contributed by atoms with Crippen molar-refractivity contribution in [3.05, 3.63) is 18.2 Å². The van der Waals surface area contributed by atoms with Crippen LogP contribution < -0.4 is 15.2 Å². The number of sulfonamides is 1. The Morgan fingerprint density at radius 3 is 2.85 bits per heavy atom. The monoisotopic (exact) mass is 300 g/mol. The van der Waals surface area contributed by atoms with E-state index in [1.54, 1.807) is 6.07 Å². The van der Waals surface area contributed by atoms with Gasteiger partial charge in [-0.1, -0.05) is 0 Å².